The first-order chi connectivity index (χ1) is 25.9. The summed E-state index contributed by atoms with van der Waals surface area (Å²) in [6.07, 6.45) is 0. The summed E-state index contributed by atoms with van der Waals surface area (Å²) in [7, 11) is 0. The molecule has 10 rings (SSSR count). The van der Waals surface area contributed by atoms with E-state index >= 15 is 0 Å². The number of aromatic hydroxyl groups is 3. The first-order valence-corrected chi connectivity index (χ1v) is 18.0. The molecule has 0 unspecified atom stereocenters. The molecule has 0 radical (unpaired) electrons. The van der Waals surface area contributed by atoms with Gasteiger partial charge in [0.15, 0.2) is 0 Å². The van der Waals surface area contributed by atoms with E-state index in [0.29, 0.717) is 0 Å². The molecule has 0 aromatic heterocycles. The predicted molar refractivity (Wildman–Crippen MR) is 222 cm³/mol. The maximum atomic E-state index is 12.0. The molecule has 10 aromatic rings. The summed E-state index contributed by atoms with van der Waals surface area (Å²) in [5.41, 5.74) is 8.26. The summed E-state index contributed by atoms with van der Waals surface area (Å²) in [4.78, 5) is 0. The fourth-order valence-electron chi connectivity index (χ4n) is 8.90. The lowest BCUT2D eigenvalue weighted by Crippen LogP contribution is -2.00. The number of phenolic OH excluding ortho intramolecular Hbond substituents is 3. The first-order valence-electron chi connectivity index (χ1n) is 18.0. The molecule has 3 N–H and O–H groups in total. The second-order valence-corrected chi connectivity index (χ2v) is 14.1. The highest BCUT2D eigenvalue weighted by Crippen LogP contribution is 2.53. The zero-order valence-corrected chi connectivity index (χ0v) is 29.3. The molecule has 0 fully saturated rings. The molecule has 3 nitrogen and oxygen atoms in total. The Morgan fingerprint density at radius 3 is 1.25 bits per heavy atom. The molecule has 3 heteroatoms. The third-order valence-electron chi connectivity index (χ3n) is 11.2. The molecule has 252 valence electrons. The van der Waals surface area contributed by atoms with Crippen LogP contribution < -0.4 is 0 Å². The van der Waals surface area contributed by atoms with Crippen molar-refractivity contribution in [2.24, 2.45) is 0 Å². The topological polar surface area (TPSA) is 60.7 Å². The van der Waals surface area contributed by atoms with Gasteiger partial charge in [-0.2, -0.15) is 0 Å². The van der Waals surface area contributed by atoms with Gasteiger partial charge in [-0.1, -0.05) is 146 Å². The molecule has 0 aliphatic rings. The van der Waals surface area contributed by atoms with E-state index in [0.717, 1.165) is 109 Å². The lowest BCUT2D eigenvalue weighted by Gasteiger charge is -2.25. The third kappa shape index (κ3) is 4.41. The summed E-state index contributed by atoms with van der Waals surface area (Å²) < 4.78 is 0. The Morgan fingerprint density at radius 2 is 0.736 bits per heavy atom. The Hall–Kier alpha value is -6.84. The molecule has 0 aliphatic heterocycles. The smallest absolute Gasteiger partial charge is 0.131 e. The van der Waals surface area contributed by atoms with Crippen LogP contribution in [0.3, 0.4) is 0 Å². The SMILES string of the molecule is Cc1cc(-c2cccc3cc4ccccc4c(O)c23)c(C)c(-c2c3ccccc3c(O)c3ccccc23)c1-c1c2ccccc2c(O)c2ccccc12. The first kappa shape index (κ1) is 30.9. The van der Waals surface area contributed by atoms with E-state index in [9.17, 15) is 15.3 Å². The van der Waals surface area contributed by atoms with Crippen molar-refractivity contribution in [3.05, 3.63) is 163 Å². The second-order valence-electron chi connectivity index (χ2n) is 14.1. The van der Waals surface area contributed by atoms with Crippen molar-refractivity contribution >= 4 is 64.6 Å². The van der Waals surface area contributed by atoms with Gasteiger partial charge in [-0.15, -0.1) is 0 Å². The average Bonchev–Trinajstić information content (AvgIpc) is 3.20. The summed E-state index contributed by atoms with van der Waals surface area (Å²) in [6.45, 7) is 4.36. The zero-order valence-electron chi connectivity index (χ0n) is 29.3. The van der Waals surface area contributed by atoms with Crippen LogP contribution in [0.1, 0.15) is 11.1 Å². The standard InChI is InChI=1S/C50H34O3/c1-28-26-42(37-25-13-15-31-27-30-14-3-4-16-32(30)50(53)45(31)37)29(2)44(47-35-19-7-11-23-40(35)49(52)41-24-12-8-20-36(41)47)43(28)46-33-17-5-9-21-38(33)48(51)39-22-10-6-18-34(39)46/h3-27,51-53H,1-2H3. The quantitative estimate of drug-likeness (QED) is 0.163. The summed E-state index contributed by atoms with van der Waals surface area (Å²) in [5, 5.41) is 45.9. The number of hydrogen-bond donors (Lipinski definition) is 3. The van der Waals surface area contributed by atoms with E-state index in [4.69, 9.17) is 0 Å². The van der Waals surface area contributed by atoms with Crippen LogP contribution in [0.25, 0.3) is 98.0 Å². The van der Waals surface area contributed by atoms with Gasteiger partial charge in [0.2, 0.25) is 0 Å². The molecule has 0 aliphatic carbocycles. The Morgan fingerprint density at radius 1 is 0.321 bits per heavy atom. The number of rotatable bonds is 3. The Kier molecular flexibility index (Phi) is 6.77. The van der Waals surface area contributed by atoms with Gasteiger partial charge in [-0.3, -0.25) is 0 Å². The van der Waals surface area contributed by atoms with Crippen LogP contribution in [0, 0.1) is 13.8 Å². The Balaban J connectivity index is 1.45. The molecule has 0 saturated heterocycles. The van der Waals surface area contributed by atoms with E-state index in [1.807, 2.05) is 97.1 Å². The van der Waals surface area contributed by atoms with Crippen LogP contribution in [0.4, 0.5) is 0 Å². The van der Waals surface area contributed by atoms with Gasteiger partial charge in [0.05, 0.1) is 0 Å². The highest BCUT2D eigenvalue weighted by Gasteiger charge is 2.27. The van der Waals surface area contributed by atoms with Gasteiger partial charge >= 0.3 is 0 Å². The van der Waals surface area contributed by atoms with E-state index in [1.165, 1.54) is 0 Å². The van der Waals surface area contributed by atoms with Crippen molar-refractivity contribution in [2.75, 3.05) is 0 Å². The normalized spacial score (nSPS) is 11.8. The number of hydrogen-bond acceptors (Lipinski definition) is 3. The van der Waals surface area contributed by atoms with Crippen LogP contribution >= 0.6 is 0 Å². The van der Waals surface area contributed by atoms with Gasteiger partial charge in [0.25, 0.3) is 0 Å². The minimum absolute atomic E-state index is 0.262. The predicted octanol–water partition coefficient (Wildman–Crippen LogP) is 13.3. The number of phenols is 3. The van der Waals surface area contributed by atoms with E-state index in [1.54, 1.807) is 0 Å². The zero-order chi connectivity index (χ0) is 36.0. The maximum absolute atomic E-state index is 12.0. The molecule has 0 heterocycles. The van der Waals surface area contributed by atoms with Crippen LogP contribution in [0.2, 0.25) is 0 Å². The third-order valence-corrected chi connectivity index (χ3v) is 11.2. The fourth-order valence-corrected chi connectivity index (χ4v) is 8.90. The highest BCUT2D eigenvalue weighted by molar-refractivity contribution is 6.24. The summed E-state index contributed by atoms with van der Waals surface area (Å²) >= 11 is 0. The fraction of sp³-hybridized carbons (Fsp3) is 0.0400. The molecule has 0 amide bonds. The van der Waals surface area contributed by atoms with Crippen molar-refractivity contribution in [3.8, 4) is 50.6 Å². The van der Waals surface area contributed by atoms with E-state index < -0.39 is 0 Å². The molecule has 0 atom stereocenters. The Labute approximate surface area is 306 Å². The average molecular weight is 683 g/mol. The Bertz CT molecular complexity index is 3060. The molecular formula is C50H34O3. The van der Waals surface area contributed by atoms with Crippen molar-refractivity contribution in [3.63, 3.8) is 0 Å². The molecule has 53 heavy (non-hydrogen) atoms. The molecule has 0 spiro atoms. The monoisotopic (exact) mass is 682 g/mol. The van der Waals surface area contributed by atoms with Crippen LogP contribution in [0.15, 0.2) is 152 Å². The van der Waals surface area contributed by atoms with Crippen LogP contribution in [-0.2, 0) is 0 Å². The van der Waals surface area contributed by atoms with Crippen LogP contribution in [0.5, 0.6) is 17.2 Å². The van der Waals surface area contributed by atoms with Crippen molar-refractivity contribution in [1.29, 1.82) is 0 Å². The number of benzene rings is 10. The van der Waals surface area contributed by atoms with Crippen molar-refractivity contribution in [1.82, 2.24) is 0 Å². The number of fused-ring (bicyclic) bond motifs is 6. The van der Waals surface area contributed by atoms with E-state index in [2.05, 4.69) is 68.4 Å². The maximum Gasteiger partial charge on any atom is 0.131 e. The van der Waals surface area contributed by atoms with Gasteiger partial charge in [0.1, 0.15) is 17.2 Å². The summed E-state index contributed by atoms with van der Waals surface area (Å²) in [5.74, 6) is 0.803. The lowest BCUT2D eigenvalue weighted by molar-refractivity contribution is 0.487. The van der Waals surface area contributed by atoms with Crippen molar-refractivity contribution < 1.29 is 15.3 Å². The minimum Gasteiger partial charge on any atom is -0.507 e. The largest absolute Gasteiger partial charge is 0.507 e. The molecular weight excluding hydrogens is 649 g/mol. The second kappa shape index (κ2) is 11.6. The molecule has 0 bridgehead atoms. The summed E-state index contributed by atoms with van der Waals surface area (Å²) in [6, 6.07) is 51.0. The highest BCUT2D eigenvalue weighted by atomic mass is 16.3. The number of aryl methyl sites for hydroxylation is 1. The van der Waals surface area contributed by atoms with Gasteiger partial charge < -0.3 is 15.3 Å². The van der Waals surface area contributed by atoms with Gasteiger partial charge in [0, 0.05) is 32.3 Å². The van der Waals surface area contributed by atoms with Gasteiger partial charge in [-0.05, 0) is 96.7 Å². The van der Waals surface area contributed by atoms with Crippen molar-refractivity contribution in [2.45, 2.75) is 13.8 Å². The van der Waals surface area contributed by atoms with E-state index in [-0.39, 0.29) is 17.2 Å². The van der Waals surface area contributed by atoms with Gasteiger partial charge in [-0.25, -0.2) is 0 Å². The molecule has 10 aromatic carbocycles. The van der Waals surface area contributed by atoms with Crippen LogP contribution in [-0.4, -0.2) is 15.3 Å². The molecule has 0 saturated carbocycles. The lowest BCUT2D eigenvalue weighted by atomic mass is 9.78. The minimum atomic E-state index is 0.262.